The molecule has 0 aromatic carbocycles. The predicted molar refractivity (Wildman–Crippen MR) is 191 cm³/mol. The summed E-state index contributed by atoms with van der Waals surface area (Å²) in [5.41, 5.74) is -6.18. The highest BCUT2D eigenvalue weighted by Crippen LogP contribution is 2.74. The summed E-state index contributed by atoms with van der Waals surface area (Å²) in [5.74, 6) is -3.81. The minimum absolute atomic E-state index is 0.0595. The molecule has 3 saturated carbocycles. The Hall–Kier alpha value is -2.56. The third-order valence-electron chi connectivity index (χ3n) is 14.2. The number of hydrogen-bond donors (Lipinski definition) is 6. The summed E-state index contributed by atoms with van der Waals surface area (Å²) in [4.78, 5) is 53.2. The second-order valence-corrected chi connectivity index (χ2v) is 18.4. The van der Waals surface area contributed by atoms with Crippen molar-refractivity contribution in [2.75, 3.05) is 6.61 Å². The molecule has 54 heavy (non-hydrogen) atoms. The Morgan fingerprint density at radius 1 is 0.944 bits per heavy atom. The summed E-state index contributed by atoms with van der Waals surface area (Å²) in [6.07, 6.45) is -5.36. The van der Waals surface area contributed by atoms with Crippen molar-refractivity contribution in [1.82, 2.24) is 0 Å². The van der Waals surface area contributed by atoms with Crippen molar-refractivity contribution in [1.29, 1.82) is 0 Å². The van der Waals surface area contributed by atoms with Crippen molar-refractivity contribution in [3.8, 4) is 0 Å². The highest BCUT2D eigenvalue weighted by atomic mass is 16.7. The molecule has 0 bridgehead atoms. The highest BCUT2D eigenvalue weighted by Gasteiger charge is 2.75. The Morgan fingerprint density at radius 2 is 1.57 bits per heavy atom. The van der Waals surface area contributed by atoms with Gasteiger partial charge in [-0.2, -0.15) is 0 Å². The van der Waals surface area contributed by atoms with Crippen molar-refractivity contribution in [3.05, 3.63) is 23.8 Å². The number of esters is 2. The van der Waals surface area contributed by atoms with Gasteiger partial charge in [0.15, 0.2) is 12.1 Å². The first-order valence-electron chi connectivity index (χ1n) is 18.9. The van der Waals surface area contributed by atoms with Gasteiger partial charge in [0.2, 0.25) is 0 Å². The minimum atomic E-state index is -2.11. The van der Waals surface area contributed by atoms with E-state index in [9.17, 15) is 45.0 Å². The van der Waals surface area contributed by atoms with Crippen molar-refractivity contribution in [3.63, 3.8) is 0 Å². The van der Waals surface area contributed by atoms with Crippen LogP contribution in [-0.4, -0.2) is 121 Å². The molecule has 6 N–H and O–H groups in total. The number of rotatable bonds is 9. The average Bonchev–Trinajstić information content (AvgIpc) is 3.27. The van der Waals surface area contributed by atoms with Crippen molar-refractivity contribution in [2.45, 2.75) is 155 Å². The zero-order valence-corrected chi connectivity index (χ0v) is 33.1. The minimum Gasteiger partial charge on any atom is -0.462 e. The van der Waals surface area contributed by atoms with E-state index in [2.05, 4.69) is 6.08 Å². The zero-order valence-electron chi connectivity index (χ0n) is 33.1. The maximum Gasteiger partial charge on any atom is 0.303 e. The van der Waals surface area contributed by atoms with Crippen LogP contribution in [0.15, 0.2) is 23.8 Å². The Balaban J connectivity index is 1.53. The molecular weight excluding hydrogens is 704 g/mol. The molecule has 0 unspecified atom stereocenters. The number of carbonyl (C=O) groups excluding carboxylic acids is 4. The van der Waals surface area contributed by atoms with Gasteiger partial charge in [0.05, 0.1) is 18.8 Å². The fraction of sp³-hybridized carbons (Fsp3) is 0.800. The molecule has 5 rings (SSSR count). The van der Waals surface area contributed by atoms with Crippen LogP contribution >= 0.6 is 0 Å². The Bertz CT molecular complexity index is 1580. The molecule has 0 amide bonds. The Labute approximate surface area is 316 Å². The molecule has 15 atom stereocenters. The molecule has 0 spiro atoms. The number of carbonyl (C=O) groups is 4. The van der Waals surface area contributed by atoms with E-state index >= 15 is 4.79 Å². The molecule has 14 heteroatoms. The first kappa shape index (κ1) is 42.6. The first-order valence-corrected chi connectivity index (χ1v) is 18.9. The van der Waals surface area contributed by atoms with Gasteiger partial charge in [0.1, 0.15) is 47.5 Å². The standard InChI is InChI=1S/C40H60O14/c1-19(42)51-24-16-37(7)26-12-11-21-22(15-23(33(49)36(21,5)6)52-34-31(48)30(47)29(46)25(18-41)53-34)39(26,9)28(45)17-38(37,8)32(24)40(10,50)27(44)13-14-35(3,4)54-20(2)43/h11,13-14,22-26,29-34,41,46-50H,12,15-18H2,1-10H3/t22-,23+,24-,25-,26+,29-,30+,31-,32+,33-,34-,37+,38-,39+,40-/m1/s1. The molecule has 4 fully saturated rings. The summed E-state index contributed by atoms with van der Waals surface area (Å²) in [6.45, 7) is 16.0. The van der Waals surface area contributed by atoms with Crippen LogP contribution in [-0.2, 0) is 38.1 Å². The molecule has 304 valence electrons. The van der Waals surface area contributed by atoms with Gasteiger partial charge in [0.25, 0.3) is 0 Å². The lowest BCUT2D eigenvalue weighted by Gasteiger charge is -2.65. The molecule has 0 aromatic heterocycles. The summed E-state index contributed by atoms with van der Waals surface area (Å²) >= 11 is 0. The van der Waals surface area contributed by atoms with Crippen LogP contribution < -0.4 is 0 Å². The third kappa shape index (κ3) is 6.61. The highest BCUT2D eigenvalue weighted by molar-refractivity contribution is 5.97. The topological polar surface area (TPSA) is 227 Å². The molecule has 0 radical (unpaired) electrons. The molecule has 0 aromatic rings. The molecule has 14 nitrogen and oxygen atoms in total. The quantitative estimate of drug-likeness (QED) is 0.112. The molecule has 1 aliphatic heterocycles. The average molecular weight is 765 g/mol. The maximum atomic E-state index is 15.0. The molecule has 1 heterocycles. The smallest absolute Gasteiger partial charge is 0.303 e. The molecule has 4 aliphatic carbocycles. The summed E-state index contributed by atoms with van der Waals surface area (Å²) in [7, 11) is 0. The summed E-state index contributed by atoms with van der Waals surface area (Å²) in [6, 6.07) is 0. The van der Waals surface area contributed by atoms with E-state index in [4.69, 9.17) is 18.9 Å². The van der Waals surface area contributed by atoms with E-state index in [1.54, 1.807) is 13.8 Å². The monoisotopic (exact) mass is 764 g/mol. The van der Waals surface area contributed by atoms with E-state index in [1.807, 2.05) is 34.6 Å². The third-order valence-corrected chi connectivity index (χ3v) is 14.2. The zero-order chi connectivity index (χ0) is 40.7. The van der Waals surface area contributed by atoms with Crippen LogP contribution in [0.5, 0.6) is 0 Å². The van der Waals surface area contributed by atoms with Crippen LogP contribution in [0.3, 0.4) is 0 Å². The van der Waals surface area contributed by atoms with Gasteiger partial charge in [-0.3, -0.25) is 19.2 Å². The van der Waals surface area contributed by atoms with Crippen molar-refractivity contribution >= 4 is 23.5 Å². The van der Waals surface area contributed by atoms with Crippen LogP contribution in [0.1, 0.15) is 94.9 Å². The Kier molecular flexibility index (Phi) is 11.1. The Morgan fingerprint density at radius 3 is 2.15 bits per heavy atom. The SMILES string of the molecule is CC(=O)O[C@@H]1C[C@@]2(C)[C@@H]3CC=C4[C@@H](C[C@H](O[C@@H]5O[C@H](CO)[C@@H](O)[C@H](O)[C@H]5O)[C@@H](O)C4(C)C)[C@]3(C)C(=O)C[C@]2(C)[C@H]1[C@](C)(O)C(=O)C=CC(C)(C)OC(C)=O. The van der Waals surface area contributed by atoms with Crippen LogP contribution in [0, 0.1) is 39.4 Å². The van der Waals surface area contributed by atoms with Crippen molar-refractivity contribution in [2.24, 2.45) is 39.4 Å². The fourth-order valence-electron chi connectivity index (χ4n) is 11.3. The van der Waals surface area contributed by atoms with E-state index in [0.29, 0.717) is 6.42 Å². The molecular formula is C40H60O14. The number of aliphatic hydroxyl groups is 6. The predicted octanol–water partition coefficient (Wildman–Crippen LogP) is 1.69. The lowest BCUT2D eigenvalue weighted by atomic mass is 9.38. The van der Waals surface area contributed by atoms with Gasteiger partial charge in [-0.25, -0.2) is 0 Å². The number of aliphatic hydroxyl groups excluding tert-OH is 5. The number of ketones is 2. The van der Waals surface area contributed by atoms with Gasteiger partial charge >= 0.3 is 11.9 Å². The fourth-order valence-corrected chi connectivity index (χ4v) is 11.3. The van der Waals surface area contributed by atoms with Crippen LogP contribution in [0.4, 0.5) is 0 Å². The molecule has 1 saturated heterocycles. The van der Waals surface area contributed by atoms with E-state index in [-0.39, 0.29) is 31.0 Å². The van der Waals surface area contributed by atoms with E-state index < -0.39 is 118 Å². The van der Waals surface area contributed by atoms with Crippen LogP contribution in [0.25, 0.3) is 0 Å². The summed E-state index contributed by atoms with van der Waals surface area (Å²) < 4.78 is 23.0. The number of allylic oxidation sites excluding steroid dienone is 1. The maximum absolute atomic E-state index is 15.0. The lowest BCUT2D eigenvalue weighted by Crippen LogP contribution is -2.66. The van der Waals surface area contributed by atoms with Crippen LogP contribution in [0.2, 0.25) is 0 Å². The lowest BCUT2D eigenvalue weighted by molar-refractivity contribution is -0.323. The first-order chi connectivity index (χ1) is 24.7. The number of hydrogen-bond acceptors (Lipinski definition) is 14. The van der Waals surface area contributed by atoms with Gasteiger partial charge in [-0.05, 0) is 74.9 Å². The van der Waals surface area contributed by atoms with Gasteiger partial charge in [0, 0.05) is 37.0 Å². The second kappa shape index (κ2) is 14.1. The van der Waals surface area contributed by atoms with Gasteiger partial charge < -0.3 is 49.6 Å². The van der Waals surface area contributed by atoms with E-state index in [1.165, 1.54) is 32.9 Å². The number of fused-ring (bicyclic) bond motifs is 5. The second-order valence-electron chi connectivity index (χ2n) is 18.4. The number of Topliss-reactive ketones (excluding diaryl/α,β-unsaturated/α-hetero) is 1. The van der Waals surface area contributed by atoms with E-state index in [0.717, 1.165) is 5.57 Å². The normalized spacial score (nSPS) is 44.3. The van der Waals surface area contributed by atoms with Crippen molar-refractivity contribution < 1.29 is 68.8 Å². The number of ether oxygens (including phenoxy) is 4. The summed E-state index contributed by atoms with van der Waals surface area (Å²) in [5, 5.41) is 65.2. The van der Waals surface area contributed by atoms with Gasteiger partial charge in [-0.15, -0.1) is 0 Å². The van der Waals surface area contributed by atoms with Gasteiger partial charge in [-0.1, -0.05) is 46.3 Å². The largest absolute Gasteiger partial charge is 0.462 e. The molecule has 5 aliphatic rings.